The van der Waals surface area contributed by atoms with Gasteiger partial charge in [0.2, 0.25) is 0 Å². The second-order valence-corrected chi connectivity index (χ2v) is 6.58. The van der Waals surface area contributed by atoms with E-state index >= 15 is 0 Å². The van der Waals surface area contributed by atoms with Gasteiger partial charge in [-0.25, -0.2) is 4.39 Å². The Morgan fingerprint density at radius 2 is 1.82 bits per heavy atom. The molecule has 28 heavy (non-hydrogen) atoms. The van der Waals surface area contributed by atoms with Crippen LogP contribution in [0.3, 0.4) is 0 Å². The lowest BCUT2D eigenvalue weighted by molar-refractivity contribution is 0.104. The molecule has 0 atom stereocenters. The third kappa shape index (κ3) is 3.07. The summed E-state index contributed by atoms with van der Waals surface area (Å²) in [5, 5.41) is 2.32. The number of carbonyl (C=O) groups is 1. The zero-order valence-electron chi connectivity index (χ0n) is 15.8. The third-order valence-electron chi connectivity index (χ3n) is 4.98. The van der Waals surface area contributed by atoms with Gasteiger partial charge in [-0.3, -0.25) is 4.79 Å². The van der Waals surface area contributed by atoms with Crippen LogP contribution in [0.4, 0.5) is 4.39 Å². The predicted octanol–water partition coefficient (Wildman–Crippen LogP) is 5.86. The fourth-order valence-electron chi connectivity index (χ4n) is 3.60. The number of methoxy groups -OCH3 is 1. The Kier molecular flexibility index (Phi) is 4.70. The van der Waals surface area contributed by atoms with Crippen LogP contribution in [0.25, 0.3) is 27.9 Å². The van der Waals surface area contributed by atoms with Crippen molar-refractivity contribution in [3.8, 4) is 5.75 Å². The summed E-state index contributed by atoms with van der Waals surface area (Å²) in [5.41, 5.74) is 3.28. The highest BCUT2D eigenvalue weighted by Crippen LogP contribution is 2.30. The first-order valence-electron chi connectivity index (χ1n) is 9.19. The van der Waals surface area contributed by atoms with Gasteiger partial charge in [0.05, 0.1) is 12.7 Å². The summed E-state index contributed by atoms with van der Waals surface area (Å²) in [4.78, 5) is 12.4. The van der Waals surface area contributed by atoms with Crippen LogP contribution in [0.5, 0.6) is 5.75 Å². The molecule has 1 heterocycles. The van der Waals surface area contributed by atoms with E-state index in [1.807, 2.05) is 18.2 Å². The molecule has 0 saturated heterocycles. The van der Waals surface area contributed by atoms with Crippen molar-refractivity contribution in [1.82, 2.24) is 4.57 Å². The number of ether oxygens (including phenoxy) is 1. The number of halogens is 1. The third-order valence-corrected chi connectivity index (χ3v) is 4.98. The Morgan fingerprint density at radius 1 is 1.04 bits per heavy atom. The molecule has 3 nitrogen and oxygen atoms in total. The van der Waals surface area contributed by atoms with E-state index < -0.39 is 5.82 Å². The lowest BCUT2D eigenvalue weighted by Gasteiger charge is -2.03. The second kappa shape index (κ2) is 7.31. The Labute approximate surface area is 162 Å². The average molecular weight is 373 g/mol. The number of hydrogen-bond donors (Lipinski definition) is 0. The number of nitrogens with zero attached hydrogens (tertiary/aromatic N) is 1. The highest BCUT2D eigenvalue weighted by molar-refractivity contribution is 6.10. The average Bonchev–Trinajstić information content (AvgIpc) is 3.05. The maximum Gasteiger partial charge on any atom is 0.188 e. The highest BCUT2D eigenvalue weighted by Gasteiger charge is 2.11. The zero-order valence-corrected chi connectivity index (χ0v) is 15.8. The fourth-order valence-corrected chi connectivity index (χ4v) is 3.60. The van der Waals surface area contributed by atoms with Crippen LogP contribution in [-0.2, 0) is 6.54 Å². The van der Waals surface area contributed by atoms with E-state index in [1.165, 1.54) is 36.2 Å². The first kappa shape index (κ1) is 18.0. The quantitative estimate of drug-likeness (QED) is 0.324. The molecule has 0 unspecified atom stereocenters. The molecule has 0 bridgehead atoms. The molecule has 0 aliphatic carbocycles. The van der Waals surface area contributed by atoms with Gasteiger partial charge in [-0.2, -0.15) is 0 Å². The molecule has 3 aromatic carbocycles. The maximum atomic E-state index is 14.1. The van der Waals surface area contributed by atoms with E-state index in [9.17, 15) is 9.18 Å². The Hall–Kier alpha value is -3.40. The van der Waals surface area contributed by atoms with Crippen molar-refractivity contribution in [2.24, 2.45) is 0 Å². The van der Waals surface area contributed by atoms with E-state index in [1.54, 1.807) is 12.1 Å². The molecule has 0 N–H and O–H groups in total. The summed E-state index contributed by atoms with van der Waals surface area (Å²) in [6.45, 7) is 3.01. The molecular weight excluding hydrogens is 353 g/mol. The first-order chi connectivity index (χ1) is 13.6. The molecule has 4 rings (SSSR count). The van der Waals surface area contributed by atoms with Crippen LogP contribution >= 0.6 is 0 Å². The number of aromatic nitrogens is 1. The Bertz CT molecular complexity index is 1220. The highest BCUT2D eigenvalue weighted by atomic mass is 19.1. The van der Waals surface area contributed by atoms with Gasteiger partial charge in [-0.1, -0.05) is 30.3 Å². The SMILES string of the molecule is CCn1c2ccccc2c2cc(/C=C/C(=O)c3ccc(OC)cc3F)ccc21. The van der Waals surface area contributed by atoms with Gasteiger partial charge in [0.1, 0.15) is 11.6 Å². The van der Waals surface area contributed by atoms with Gasteiger partial charge < -0.3 is 9.30 Å². The summed E-state index contributed by atoms with van der Waals surface area (Å²) >= 11 is 0. The summed E-state index contributed by atoms with van der Waals surface area (Å²) in [5.74, 6) is -0.581. The van der Waals surface area contributed by atoms with E-state index in [-0.39, 0.29) is 11.3 Å². The van der Waals surface area contributed by atoms with Crippen LogP contribution in [0, 0.1) is 5.82 Å². The second-order valence-electron chi connectivity index (χ2n) is 6.58. The number of aryl methyl sites for hydroxylation is 1. The van der Waals surface area contributed by atoms with Crippen LogP contribution in [-0.4, -0.2) is 17.5 Å². The number of fused-ring (bicyclic) bond motifs is 3. The molecule has 0 spiro atoms. The van der Waals surface area contributed by atoms with Gasteiger partial charge in [0.15, 0.2) is 5.78 Å². The van der Waals surface area contributed by atoms with Crippen molar-refractivity contribution in [3.05, 3.63) is 83.7 Å². The maximum absolute atomic E-state index is 14.1. The van der Waals surface area contributed by atoms with Gasteiger partial charge in [-0.15, -0.1) is 0 Å². The number of ketones is 1. The molecule has 0 aliphatic rings. The van der Waals surface area contributed by atoms with Gasteiger partial charge >= 0.3 is 0 Å². The summed E-state index contributed by atoms with van der Waals surface area (Å²) in [6.07, 6.45) is 3.13. The monoisotopic (exact) mass is 373 g/mol. The normalized spacial score (nSPS) is 11.5. The topological polar surface area (TPSA) is 31.2 Å². The van der Waals surface area contributed by atoms with Crippen molar-refractivity contribution in [2.45, 2.75) is 13.5 Å². The minimum absolute atomic E-state index is 0.0284. The molecule has 140 valence electrons. The molecule has 4 heteroatoms. The number of carbonyl (C=O) groups excluding carboxylic acids is 1. The minimum Gasteiger partial charge on any atom is -0.497 e. The van der Waals surface area contributed by atoms with Gasteiger partial charge in [0.25, 0.3) is 0 Å². The van der Waals surface area contributed by atoms with Crippen LogP contribution in [0.1, 0.15) is 22.8 Å². The first-order valence-corrected chi connectivity index (χ1v) is 9.19. The minimum atomic E-state index is -0.588. The van der Waals surface area contributed by atoms with E-state index in [4.69, 9.17) is 4.74 Å². The summed E-state index contributed by atoms with van der Waals surface area (Å²) in [6, 6.07) is 18.6. The van der Waals surface area contributed by atoms with Gasteiger partial charge in [0, 0.05) is 34.4 Å². The van der Waals surface area contributed by atoms with Crippen molar-refractivity contribution >= 4 is 33.7 Å². The van der Waals surface area contributed by atoms with Crippen LogP contribution in [0.15, 0.2) is 66.7 Å². The number of hydrogen-bond acceptors (Lipinski definition) is 2. The zero-order chi connectivity index (χ0) is 19.7. The standard InChI is InChI=1S/C24H20FNO2/c1-3-26-22-7-5-4-6-18(22)20-14-16(8-12-23(20)26)9-13-24(27)19-11-10-17(28-2)15-21(19)25/h4-15H,3H2,1-2H3/b13-9+. The molecular formula is C24H20FNO2. The molecule has 4 aromatic rings. The smallest absolute Gasteiger partial charge is 0.188 e. The van der Waals surface area contributed by atoms with Crippen LogP contribution in [0.2, 0.25) is 0 Å². The molecule has 0 saturated carbocycles. The molecule has 0 radical (unpaired) electrons. The molecule has 1 aromatic heterocycles. The fraction of sp³-hybridized carbons (Fsp3) is 0.125. The van der Waals surface area contributed by atoms with Crippen LogP contribution < -0.4 is 4.74 Å². The van der Waals surface area contributed by atoms with Gasteiger partial charge in [-0.05, 0) is 48.9 Å². The molecule has 0 aliphatic heterocycles. The van der Waals surface area contributed by atoms with Crippen molar-refractivity contribution in [2.75, 3.05) is 7.11 Å². The van der Waals surface area contributed by atoms with Crippen molar-refractivity contribution in [1.29, 1.82) is 0 Å². The number of para-hydroxylation sites is 1. The van der Waals surface area contributed by atoms with E-state index in [0.717, 1.165) is 23.0 Å². The number of allylic oxidation sites excluding steroid dienone is 1. The predicted molar refractivity (Wildman–Crippen MR) is 111 cm³/mol. The lowest BCUT2D eigenvalue weighted by Crippen LogP contribution is -1.99. The Morgan fingerprint density at radius 3 is 2.57 bits per heavy atom. The molecule has 0 fully saturated rings. The van der Waals surface area contributed by atoms with Crippen molar-refractivity contribution in [3.63, 3.8) is 0 Å². The summed E-state index contributed by atoms with van der Waals surface area (Å²) < 4.78 is 21.3. The van der Waals surface area contributed by atoms with E-state index in [2.05, 4.69) is 35.8 Å². The van der Waals surface area contributed by atoms with E-state index in [0.29, 0.717) is 5.75 Å². The molecule has 0 amide bonds. The largest absolute Gasteiger partial charge is 0.497 e. The Balaban J connectivity index is 1.70. The number of rotatable bonds is 5. The summed E-state index contributed by atoms with van der Waals surface area (Å²) in [7, 11) is 1.46. The lowest BCUT2D eigenvalue weighted by atomic mass is 10.1. The van der Waals surface area contributed by atoms with Crippen molar-refractivity contribution < 1.29 is 13.9 Å². The number of benzene rings is 3.